The van der Waals surface area contributed by atoms with Gasteiger partial charge in [-0.3, -0.25) is 24.6 Å². The van der Waals surface area contributed by atoms with E-state index in [-0.39, 0.29) is 41.4 Å². The highest BCUT2D eigenvalue weighted by molar-refractivity contribution is 6.23. The van der Waals surface area contributed by atoms with Gasteiger partial charge < -0.3 is 4.84 Å². The maximum absolute atomic E-state index is 13.6. The molecule has 1 saturated heterocycles. The fourth-order valence-electron chi connectivity index (χ4n) is 6.69. The third-order valence-electron chi connectivity index (χ3n) is 8.06. The summed E-state index contributed by atoms with van der Waals surface area (Å²) in [5.41, 5.74) is 2.09. The average Bonchev–Trinajstić information content (AvgIpc) is 3.59. The predicted molar refractivity (Wildman–Crippen MR) is 123 cm³/mol. The van der Waals surface area contributed by atoms with Gasteiger partial charge in [0.1, 0.15) is 6.10 Å². The molecule has 3 aromatic rings. The summed E-state index contributed by atoms with van der Waals surface area (Å²) in [5.74, 6) is -1.29. The summed E-state index contributed by atoms with van der Waals surface area (Å²) < 4.78 is 0. The Hall–Kier alpha value is -4.07. The molecule has 0 N–H and O–H groups in total. The van der Waals surface area contributed by atoms with Gasteiger partial charge in [0.2, 0.25) is 11.8 Å². The molecule has 3 aromatic carbocycles. The standard InChI is InChI=1S/C26H19N3O5/c30-25-20-18-12-19(24-22(18)23(27-34-24)14-6-8-16(9-7-14)29(32)33)21(20)26(31)28(25)17-10-5-13-3-1-2-4-15(13)11-17/h1-11,18-22,24H,12H2/t18-,19-,20-,21-,22-,24-/m1/s1. The number of carbonyl (C=O) groups excluding carboxylic acids is 2. The second-order valence-corrected chi connectivity index (χ2v) is 9.53. The molecule has 34 heavy (non-hydrogen) atoms. The van der Waals surface area contributed by atoms with Crippen molar-refractivity contribution < 1.29 is 19.3 Å². The molecule has 0 spiro atoms. The van der Waals surface area contributed by atoms with Crippen molar-refractivity contribution in [3.05, 3.63) is 82.4 Å². The van der Waals surface area contributed by atoms with Gasteiger partial charge in [-0.15, -0.1) is 0 Å². The smallest absolute Gasteiger partial charge is 0.269 e. The third kappa shape index (κ3) is 2.45. The minimum absolute atomic E-state index is 0.00964. The lowest BCUT2D eigenvalue weighted by Gasteiger charge is -2.29. The summed E-state index contributed by atoms with van der Waals surface area (Å²) in [7, 11) is 0. The van der Waals surface area contributed by atoms with Crippen molar-refractivity contribution in [1.82, 2.24) is 0 Å². The summed E-state index contributed by atoms with van der Waals surface area (Å²) in [4.78, 5) is 44.9. The van der Waals surface area contributed by atoms with E-state index < -0.39 is 16.8 Å². The number of oxime groups is 1. The van der Waals surface area contributed by atoms with E-state index in [1.807, 2.05) is 42.5 Å². The Balaban J connectivity index is 1.22. The van der Waals surface area contributed by atoms with Gasteiger partial charge in [0.25, 0.3) is 5.69 Å². The van der Waals surface area contributed by atoms with Crippen LogP contribution in [-0.2, 0) is 14.4 Å². The Bertz CT molecular complexity index is 1430. The lowest BCUT2D eigenvalue weighted by molar-refractivity contribution is -0.384. The maximum Gasteiger partial charge on any atom is 0.269 e. The van der Waals surface area contributed by atoms with Crippen LogP contribution in [0.5, 0.6) is 0 Å². The number of benzene rings is 3. The quantitative estimate of drug-likeness (QED) is 0.340. The zero-order valence-corrected chi connectivity index (χ0v) is 17.9. The number of nitrogens with zero attached hydrogens (tertiary/aromatic N) is 3. The maximum atomic E-state index is 13.6. The first-order valence-corrected chi connectivity index (χ1v) is 11.4. The van der Waals surface area contributed by atoms with E-state index in [1.165, 1.54) is 17.0 Å². The summed E-state index contributed by atoms with van der Waals surface area (Å²) in [6.45, 7) is 0. The number of nitro groups is 1. The summed E-state index contributed by atoms with van der Waals surface area (Å²) in [6.07, 6.45) is 0.504. The Morgan fingerprint density at radius 1 is 0.882 bits per heavy atom. The first kappa shape index (κ1) is 19.4. The van der Waals surface area contributed by atoms with Gasteiger partial charge in [0, 0.05) is 29.5 Å². The Kier molecular flexibility index (Phi) is 3.84. The van der Waals surface area contributed by atoms with E-state index in [4.69, 9.17) is 4.84 Å². The van der Waals surface area contributed by atoms with Crippen LogP contribution >= 0.6 is 0 Å². The first-order valence-electron chi connectivity index (χ1n) is 11.4. The van der Waals surface area contributed by atoms with Crippen LogP contribution in [0.3, 0.4) is 0 Å². The molecule has 4 aliphatic rings. The number of hydrogen-bond acceptors (Lipinski definition) is 6. The molecule has 0 unspecified atom stereocenters. The highest BCUT2D eigenvalue weighted by atomic mass is 16.6. The predicted octanol–water partition coefficient (Wildman–Crippen LogP) is 3.92. The van der Waals surface area contributed by atoms with E-state index in [9.17, 15) is 19.7 Å². The van der Waals surface area contributed by atoms with Crippen LogP contribution in [0.1, 0.15) is 12.0 Å². The lowest BCUT2D eigenvalue weighted by atomic mass is 9.71. The minimum Gasteiger partial charge on any atom is -0.391 e. The highest BCUT2D eigenvalue weighted by Gasteiger charge is 2.70. The van der Waals surface area contributed by atoms with Crippen molar-refractivity contribution >= 4 is 39.7 Å². The van der Waals surface area contributed by atoms with Gasteiger partial charge in [-0.25, -0.2) is 0 Å². The lowest BCUT2D eigenvalue weighted by Crippen LogP contribution is -2.41. The average molecular weight is 453 g/mol. The van der Waals surface area contributed by atoms with Crippen LogP contribution in [0, 0.1) is 39.7 Å². The number of amides is 2. The molecule has 2 aliphatic heterocycles. The summed E-state index contributed by atoms with van der Waals surface area (Å²) >= 11 is 0. The molecule has 168 valence electrons. The number of anilines is 1. The molecule has 2 heterocycles. The second-order valence-electron chi connectivity index (χ2n) is 9.53. The molecule has 0 radical (unpaired) electrons. The molecule has 2 amide bonds. The van der Waals surface area contributed by atoms with E-state index in [0.717, 1.165) is 28.5 Å². The van der Waals surface area contributed by atoms with Crippen LogP contribution in [0.2, 0.25) is 0 Å². The fourth-order valence-corrected chi connectivity index (χ4v) is 6.69. The zero-order valence-electron chi connectivity index (χ0n) is 17.9. The van der Waals surface area contributed by atoms with Gasteiger partial charge in [-0.2, -0.15) is 0 Å². The molecule has 7 rings (SSSR count). The minimum atomic E-state index is -0.439. The number of non-ortho nitro benzene ring substituents is 1. The topological polar surface area (TPSA) is 102 Å². The van der Waals surface area contributed by atoms with Crippen molar-refractivity contribution in [2.45, 2.75) is 12.5 Å². The molecule has 8 nitrogen and oxygen atoms in total. The third-order valence-corrected chi connectivity index (χ3v) is 8.06. The highest BCUT2D eigenvalue weighted by Crippen LogP contribution is 2.62. The Morgan fingerprint density at radius 3 is 2.32 bits per heavy atom. The van der Waals surface area contributed by atoms with Crippen molar-refractivity contribution in [1.29, 1.82) is 0 Å². The number of carbonyl (C=O) groups is 2. The first-order chi connectivity index (χ1) is 16.5. The van der Waals surface area contributed by atoms with Crippen molar-refractivity contribution in [2.24, 2.45) is 34.7 Å². The molecule has 0 aromatic heterocycles. The van der Waals surface area contributed by atoms with Crippen molar-refractivity contribution in [3.63, 3.8) is 0 Å². The van der Waals surface area contributed by atoms with Gasteiger partial charge in [-0.05, 0) is 47.4 Å². The van der Waals surface area contributed by atoms with Gasteiger partial charge in [0.05, 0.1) is 28.2 Å². The molecular weight excluding hydrogens is 434 g/mol. The Morgan fingerprint density at radius 2 is 1.59 bits per heavy atom. The fraction of sp³-hybridized carbons (Fsp3) is 0.269. The number of nitro benzene ring substituents is 1. The largest absolute Gasteiger partial charge is 0.391 e. The number of rotatable bonds is 3. The number of fused-ring (bicyclic) bond motifs is 9. The van der Waals surface area contributed by atoms with Crippen LogP contribution in [0.25, 0.3) is 10.8 Å². The number of hydrogen-bond donors (Lipinski definition) is 0. The normalized spacial score (nSPS) is 30.9. The second kappa shape index (κ2) is 6.72. The molecule has 2 aliphatic carbocycles. The molecule has 6 atom stereocenters. The van der Waals surface area contributed by atoms with Crippen LogP contribution in [0.15, 0.2) is 71.9 Å². The molecular formula is C26H19N3O5. The van der Waals surface area contributed by atoms with Gasteiger partial charge in [-0.1, -0.05) is 35.5 Å². The van der Waals surface area contributed by atoms with Crippen molar-refractivity contribution in [3.8, 4) is 0 Å². The Labute approximate surface area is 193 Å². The van der Waals surface area contributed by atoms with E-state index in [0.29, 0.717) is 5.69 Å². The van der Waals surface area contributed by atoms with Gasteiger partial charge >= 0.3 is 0 Å². The SMILES string of the molecule is O=C1[C@@H]2[C@H]3C[C@@H]([C@H]4ON=C(c5ccc([N+](=O)[O-])cc5)[C@@H]34)[C@H]2C(=O)N1c1ccc2ccccc2c1. The van der Waals surface area contributed by atoms with Crippen molar-refractivity contribution in [2.75, 3.05) is 4.90 Å². The van der Waals surface area contributed by atoms with E-state index >= 15 is 0 Å². The molecule has 3 fully saturated rings. The molecule has 2 saturated carbocycles. The zero-order chi connectivity index (χ0) is 23.1. The molecule has 8 heteroatoms. The molecule has 2 bridgehead atoms. The van der Waals surface area contributed by atoms with Crippen LogP contribution in [0.4, 0.5) is 11.4 Å². The monoisotopic (exact) mass is 453 g/mol. The summed E-state index contributed by atoms with van der Waals surface area (Å²) in [5, 5.41) is 17.3. The van der Waals surface area contributed by atoms with Crippen LogP contribution < -0.4 is 4.90 Å². The summed E-state index contributed by atoms with van der Waals surface area (Å²) in [6, 6.07) is 19.8. The van der Waals surface area contributed by atoms with Gasteiger partial charge in [0.15, 0.2) is 0 Å². The van der Waals surface area contributed by atoms with Crippen LogP contribution in [-0.4, -0.2) is 28.6 Å². The number of imide groups is 1. The van der Waals surface area contributed by atoms with E-state index in [2.05, 4.69) is 5.16 Å². The van der Waals surface area contributed by atoms with E-state index in [1.54, 1.807) is 12.1 Å².